The number of hydrogen-bond acceptors (Lipinski definition) is 5. The van der Waals surface area contributed by atoms with Gasteiger partial charge in [-0.2, -0.15) is 0 Å². The second-order valence-corrected chi connectivity index (χ2v) is 8.27. The summed E-state index contributed by atoms with van der Waals surface area (Å²) >= 11 is 0. The van der Waals surface area contributed by atoms with Crippen LogP contribution in [0.2, 0.25) is 0 Å². The zero-order valence-electron chi connectivity index (χ0n) is 16.2. The van der Waals surface area contributed by atoms with Gasteiger partial charge in [-0.15, -0.1) is 6.42 Å². The van der Waals surface area contributed by atoms with E-state index in [0.717, 1.165) is 0 Å². The molecule has 0 aliphatic carbocycles. The maximum atomic E-state index is 12.9. The van der Waals surface area contributed by atoms with Crippen molar-refractivity contribution in [1.82, 2.24) is 0 Å². The van der Waals surface area contributed by atoms with Crippen LogP contribution in [-0.4, -0.2) is 15.0 Å². The quantitative estimate of drug-likeness (QED) is 0.461. The molecule has 1 aromatic heterocycles. The molecule has 0 fully saturated rings. The molecule has 1 N–H and O–H groups in total. The fourth-order valence-electron chi connectivity index (χ4n) is 3.07. The van der Waals surface area contributed by atoms with Crippen molar-refractivity contribution in [2.45, 2.75) is 4.90 Å². The monoisotopic (exact) mass is 431 g/mol. The highest BCUT2D eigenvalue weighted by molar-refractivity contribution is 7.92. The largest absolute Gasteiger partial charge is 0.481 e. The molecular weight excluding hydrogens is 414 g/mol. The molecule has 6 nitrogen and oxygen atoms in total. The van der Waals surface area contributed by atoms with Crippen LogP contribution in [0.15, 0.2) is 93.0 Å². The van der Waals surface area contributed by atoms with Crippen LogP contribution in [0.3, 0.4) is 0 Å². The van der Waals surface area contributed by atoms with Crippen molar-refractivity contribution in [2.24, 2.45) is 0 Å². The first-order chi connectivity index (χ1) is 15.0. The van der Waals surface area contributed by atoms with Crippen LogP contribution in [-0.2, 0) is 10.0 Å². The first-order valence-electron chi connectivity index (χ1n) is 9.29. The van der Waals surface area contributed by atoms with Crippen LogP contribution < -0.4 is 14.9 Å². The molecule has 0 atom stereocenters. The van der Waals surface area contributed by atoms with Gasteiger partial charge in [0.25, 0.3) is 10.0 Å². The lowest BCUT2D eigenvalue weighted by Gasteiger charge is -2.14. The van der Waals surface area contributed by atoms with Crippen LogP contribution in [0.1, 0.15) is 0 Å². The van der Waals surface area contributed by atoms with Crippen LogP contribution in [0, 0.1) is 12.3 Å². The molecule has 7 heteroatoms. The lowest BCUT2D eigenvalue weighted by molar-refractivity contribution is 0.370. The predicted molar refractivity (Wildman–Crippen MR) is 119 cm³/mol. The summed E-state index contributed by atoms with van der Waals surface area (Å²) in [6.45, 7) is 0.0379. The van der Waals surface area contributed by atoms with Gasteiger partial charge in [-0.1, -0.05) is 36.3 Å². The van der Waals surface area contributed by atoms with E-state index in [1.165, 1.54) is 24.3 Å². The van der Waals surface area contributed by atoms with Crippen molar-refractivity contribution in [3.63, 3.8) is 0 Å². The maximum absolute atomic E-state index is 12.9. The number of benzene rings is 3. The lowest BCUT2D eigenvalue weighted by atomic mass is 10.1. The second-order valence-electron chi connectivity index (χ2n) is 6.59. The fourth-order valence-corrected chi connectivity index (χ4v) is 4.17. The molecule has 3 aromatic carbocycles. The molecule has 0 saturated heterocycles. The number of sulfonamides is 1. The molecule has 4 rings (SSSR count). The molecule has 0 spiro atoms. The van der Waals surface area contributed by atoms with E-state index in [4.69, 9.17) is 15.6 Å². The first-order valence-corrected chi connectivity index (χ1v) is 10.8. The smallest absolute Gasteiger partial charge is 0.261 e. The number of anilines is 1. The van der Waals surface area contributed by atoms with E-state index in [9.17, 15) is 13.2 Å². The van der Waals surface area contributed by atoms with Gasteiger partial charge in [-0.3, -0.25) is 9.52 Å². The van der Waals surface area contributed by atoms with Crippen LogP contribution in [0.25, 0.3) is 22.3 Å². The minimum absolute atomic E-state index is 0.0379. The van der Waals surface area contributed by atoms with Crippen molar-refractivity contribution < 1.29 is 17.6 Å². The Morgan fingerprint density at radius 3 is 2.48 bits per heavy atom. The summed E-state index contributed by atoms with van der Waals surface area (Å²) in [4.78, 5) is 12.7. The molecule has 154 valence electrons. The number of terminal acetylenes is 1. The van der Waals surface area contributed by atoms with E-state index in [1.807, 2.05) is 0 Å². The van der Waals surface area contributed by atoms with Gasteiger partial charge >= 0.3 is 0 Å². The summed E-state index contributed by atoms with van der Waals surface area (Å²) in [5.41, 5.74) is 0.715. The summed E-state index contributed by atoms with van der Waals surface area (Å²) < 4.78 is 39.7. The van der Waals surface area contributed by atoms with Gasteiger partial charge in [0.2, 0.25) is 0 Å². The van der Waals surface area contributed by atoms with E-state index >= 15 is 0 Å². The first kappa shape index (κ1) is 20.3. The Morgan fingerprint density at radius 2 is 1.71 bits per heavy atom. The van der Waals surface area contributed by atoms with E-state index in [0.29, 0.717) is 22.3 Å². The highest BCUT2D eigenvalue weighted by Crippen LogP contribution is 2.34. The zero-order chi connectivity index (χ0) is 21.8. The van der Waals surface area contributed by atoms with Crippen molar-refractivity contribution in [3.8, 4) is 29.4 Å². The minimum atomic E-state index is -3.87. The molecule has 4 aromatic rings. The topological polar surface area (TPSA) is 85.6 Å². The third-order valence-corrected chi connectivity index (χ3v) is 5.89. The highest BCUT2D eigenvalue weighted by atomic mass is 32.2. The Kier molecular flexibility index (Phi) is 5.48. The molecule has 0 aliphatic heterocycles. The highest BCUT2D eigenvalue weighted by Gasteiger charge is 2.19. The molecular formula is C24H17NO5S. The Bertz CT molecular complexity index is 1450. The van der Waals surface area contributed by atoms with Gasteiger partial charge in [0.1, 0.15) is 23.7 Å². The van der Waals surface area contributed by atoms with E-state index in [-0.39, 0.29) is 28.4 Å². The summed E-state index contributed by atoms with van der Waals surface area (Å²) in [5.74, 6) is 2.98. The van der Waals surface area contributed by atoms with Crippen LogP contribution >= 0.6 is 0 Å². The lowest BCUT2D eigenvalue weighted by Crippen LogP contribution is -2.14. The molecule has 1 heterocycles. The van der Waals surface area contributed by atoms with Crippen molar-refractivity contribution >= 4 is 26.7 Å². The molecule has 0 bridgehead atoms. The molecule has 31 heavy (non-hydrogen) atoms. The van der Waals surface area contributed by atoms with Crippen molar-refractivity contribution in [3.05, 3.63) is 89.1 Å². The summed E-state index contributed by atoms with van der Waals surface area (Å²) in [6.07, 6.45) is 5.26. The van der Waals surface area contributed by atoms with Gasteiger partial charge in [0, 0.05) is 11.6 Å². The third-order valence-electron chi connectivity index (χ3n) is 4.51. The maximum Gasteiger partial charge on any atom is 0.261 e. The number of ether oxygens (including phenoxy) is 1. The van der Waals surface area contributed by atoms with Gasteiger partial charge in [-0.25, -0.2) is 8.42 Å². The number of nitrogens with one attached hydrogen (secondary N) is 1. The van der Waals surface area contributed by atoms with Gasteiger partial charge in [0.15, 0.2) is 5.43 Å². The van der Waals surface area contributed by atoms with E-state index < -0.39 is 10.0 Å². The zero-order valence-corrected chi connectivity index (χ0v) is 17.1. The second kappa shape index (κ2) is 8.38. The minimum Gasteiger partial charge on any atom is -0.481 e. The summed E-state index contributed by atoms with van der Waals surface area (Å²) in [7, 11) is -3.87. The van der Waals surface area contributed by atoms with Crippen molar-refractivity contribution in [1.29, 1.82) is 0 Å². The Morgan fingerprint density at radius 1 is 0.968 bits per heavy atom. The van der Waals surface area contributed by atoms with E-state index in [2.05, 4.69) is 10.6 Å². The van der Waals surface area contributed by atoms with Gasteiger partial charge in [-0.05, 0) is 42.5 Å². The average molecular weight is 431 g/mol. The molecule has 0 radical (unpaired) electrons. The number of rotatable bonds is 6. The Labute approximate surface area is 179 Å². The van der Waals surface area contributed by atoms with Crippen molar-refractivity contribution in [2.75, 3.05) is 11.3 Å². The number of para-hydroxylation sites is 1. The number of fused-ring (bicyclic) bond motifs is 1. The average Bonchev–Trinajstić information content (AvgIpc) is 2.79. The van der Waals surface area contributed by atoms with Gasteiger partial charge < -0.3 is 9.15 Å². The predicted octanol–water partition coefficient (Wildman–Crippen LogP) is 4.27. The summed E-state index contributed by atoms with van der Waals surface area (Å²) in [6, 6.07) is 20.8. The van der Waals surface area contributed by atoms with Crippen LogP contribution in [0.4, 0.5) is 5.69 Å². The summed E-state index contributed by atoms with van der Waals surface area (Å²) in [5, 5.41) is 0.428. The molecule has 0 unspecified atom stereocenters. The third kappa shape index (κ3) is 4.29. The molecule has 0 amide bonds. The van der Waals surface area contributed by atoms with E-state index in [1.54, 1.807) is 54.6 Å². The molecule has 0 aliphatic rings. The number of hydrogen-bond donors (Lipinski definition) is 1. The van der Waals surface area contributed by atoms with Crippen LogP contribution in [0.5, 0.6) is 5.75 Å². The SMILES string of the molecule is C#CCOc1ccc(NS(=O)(=O)c2ccccc2)c(-c2cc(=O)c3ccccc3o2)c1. The van der Waals surface area contributed by atoms with Gasteiger partial charge in [0.05, 0.1) is 16.0 Å². The Hall–Kier alpha value is -4.02. The normalized spacial score (nSPS) is 11.1. The molecule has 0 saturated carbocycles. The Balaban J connectivity index is 1.85. The standard InChI is InChI=1S/C24H17NO5S/c1-2-14-29-17-12-13-21(25-31(27,28)18-8-4-3-5-9-18)20(15-17)24-16-22(26)19-10-6-7-11-23(19)30-24/h1,3-13,15-16,25H,14H2. The fraction of sp³-hybridized carbons (Fsp3) is 0.0417.